The summed E-state index contributed by atoms with van der Waals surface area (Å²) in [6.07, 6.45) is 1.71. The van der Waals surface area contributed by atoms with Crippen LogP contribution in [-0.2, 0) is 4.79 Å². The van der Waals surface area contributed by atoms with Crippen molar-refractivity contribution in [1.29, 1.82) is 5.26 Å². The lowest BCUT2D eigenvalue weighted by molar-refractivity contribution is -0.114. The number of nitriles is 1. The Hall–Kier alpha value is -3.59. The van der Waals surface area contributed by atoms with Crippen molar-refractivity contribution in [2.24, 2.45) is 5.10 Å². The molecule has 0 bridgehead atoms. The van der Waals surface area contributed by atoms with E-state index in [2.05, 4.69) is 5.10 Å². The van der Waals surface area contributed by atoms with Crippen LogP contribution in [0.15, 0.2) is 59.2 Å². The molecule has 0 N–H and O–H groups in total. The molecule has 1 heterocycles. The summed E-state index contributed by atoms with van der Waals surface area (Å²) in [5, 5.41) is 14.5. The van der Waals surface area contributed by atoms with Crippen LogP contribution in [0.25, 0.3) is 6.08 Å². The Morgan fingerprint density at radius 1 is 1.19 bits per heavy atom. The topological polar surface area (TPSA) is 74.9 Å². The van der Waals surface area contributed by atoms with Gasteiger partial charge in [0.2, 0.25) is 0 Å². The first-order chi connectivity index (χ1) is 12.7. The summed E-state index contributed by atoms with van der Waals surface area (Å²) < 4.78 is 10.8. The van der Waals surface area contributed by atoms with Gasteiger partial charge >= 0.3 is 0 Å². The minimum absolute atomic E-state index is 0.117. The number of nitrogens with zero attached hydrogens (tertiary/aromatic N) is 3. The Bertz CT molecular complexity index is 927. The first-order valence-corrected chi connectivity index (χ1v) is 7.99. The number of para-hydroxylation sites is 2. The second kappa shape index (κ2) is 7.53. The van der Waals surface area contributed by atoms with Gasteiger partial charge in [-0.15, -0.1) is 0 Å². The van der Waals surface area contributed by atoms with Gasteiger partial charge < -0.3 is 9.47 Å². The van der Waals surface area contributed by atoms with Crippen LogP contribution in [-0.4, -0.2) is 25.3 Å². The second-order valence-electron chi connectivity index (χ2n) is 5.52. The highest BCUT2D eigenvalue weighted by Crippen LogP contribution is 2.34. The average molecular weight is 347 g/mol. The van der Waals surface area contributed by atoms with Crippen molar-refractivity contribution >= 4 is 23.4 Å². The molecule has 1 amide bonds. The van der Waals surface area contributed by atoms with Crippen molar-refractivity contribution in [1.82, 2.24) is 0 Å². The maximum absolute atomic E-state index is 12.8. The van der Waals surface area contributed by atoms with E-state index in [1.807, 2.05) is 36.4 Å². The maximum atomic E-state index is 12.8. The Morgan fingerprint density at radius 3 is 2.65 bits per heavy atom. The van der Waals surface area contributed by atoms with Crippen LogP contribution in [0.2, 0.25) is 0 Å². The van der Waals surface area contributed by atoms with Gasteiger partial charge in [-0.2, -0.15) is 15.4 Å². The molecular weight excluding hydrogens is 330 g/mol. The highest BCUT2D eigenvalue weighted by Gasteiger charge is 2.29. The van der Waals surface area contributed by atoms with Crippen molar-refractivity contribution in [3.05, 3.63) is 59.7 Å². The lowest BCUT2D eigenvalue weighted by atomic mass is 10.1. The maximum Gasteiger partial charge on any atom is 0.280 e. The molecule has 6 nitrogen and oxygen atoms in total. The van der Waals surface area contributed by atoms with Crippen LogP contribution in [0.4, 0.5) is 5.69 Å². The minimum atomic E-state index is -0.220. The molecule has 130 valence electrons. The zero-order chi connectivity index (χ0) is 18.5. The quantitative estimate of drug-likeness (QED) is 0.777. The monoisotopic (exact) mass is 347 g/mol. The van der Waals surface area contributed by atoms with Crippen LogP contribution >= 0.6 is 0 Å². The zero-order valence-electron chi connectivity index (χ0n) is 14.5. The van der Waals surface area contributed by atoms with Crippen LogP contribution in [0, 0.1) is 11.3 Å². The third-order valence-corrected chi connectivity index (χ3v) is 3.87. The van der Waals surface area contributed by atoms with Gasteiger partial charge in [0, 0.05) is 5.56 Å². The van der Waals surface area contributed by atoms with Gasteiger partial charge in [0.05, 0.1) is 24.1 Å². The third-order valence-electron chi connectivity index (χ3n) is 3.87. The molecule has 0 atom stereocenters. The number of amides is 1. The summed E-state index contributed by atoms with van der Waals surface area (Å²) in [6, 6.07) is 16.5. The van der Waals surface area contributed by atoms with Gasteiger partial charge in [-0.3, -0.25) is 4.79 Å². The fourth-order valence-electron chi connectivity index (χ4n) is 2.65. The fourth-order valence-corrected chi connectivity index (χ4v) is 2.65. The van der Waals surface area contributed by atoms with E-state index in [1.54, 1.807) is 31.2 Å². The van der Waals surface area contributed by atoms with E-state index < -0.39 is 0 Å². The number of hydrogen-bond donors (Lipinski definition) is 0. The van der Waals surface area contributed by atoms with E-state index >= 15 is 0 Å². The molecule has 0 spiro atoms. The van der Waals surface area contributed by atoms with Crippen molar-refractivity contribution < 1.29 is 14.3 Å². The van der Waals surface area contributed by atoms with Crippen molar-refractivity contribution in [3.63, 3.8) is 0 Å². The number of rotatable bonds is 5. The molecule has 0 aromatic heterocycles. The Morgan fingerprint density at radius 2 is 1.96 bits per heavy atom. The molecular formula is C20H17N3O3. The van der Waals surface area contributed by atoms with Gasteiger partial charge in [-0.05, 0) is 31.2 Å². The molecule has 2 aromatic rings. The van der Waals surface area contributed by atoms with E-state index in [9.17, 15) is 4.79 Å². The third kappa shape index (κ3) is 3.28. The van der Waals surface area contributed by atoms with Gasteiger partial charge in [0.1, 0.15) is 6.07 Å². The van der Waals surface area contributed by atoms with Gasteiger partial charge in [-0.25, -0.2) is 0 Å². The Labute approximate surface area is 151 Å². The van der Waals surface area contributed by atoms with Gasteiger partial charge in [0.25, 0.3) is 5.91 Å². The van der Waals surface area contributed by atoms with Crippen LogP contribution < -0.4 is 14.5 Å². The largest absolute Gasteiger partial charge is 0.493 e. The molecule has 0 saturated heterocycles. The predicted molar refractivity (Wildman–Crippen MR) is 99.1 cm³/mol. The number of hydrogen-bond acceptors (Lipinski definition) is 5. The summed E-state index contributed by atoms with van der Waals surface area (Å²) in [5.41, 5.74) is 2.41. The molecule has 1 aliphatic heterocycles. The number of methoxy groups -OCH3 is 1. The van der Waals surface area contributed by atoms with E-state index in [0.717, 1.165) is 0 Å². The van der Waals surface area contributed by atoms with Crippen molar-refractivity contribution in [2.45, 2.75) is 6.92 Å². The molecule has 3 rings (SSSR count). The second-order valence-corrected chi connectivity index (χ2v) is 5.52. The molecule has 0 aliphatic carbocycles. The smallest absolute Gasteiger partial charge is 0.280 e. The number of benzene rings is 2. The zero-order valence-corrected chi connectivity index (χ0v) is 14.5. The highest BCUT2D eigenvalue weighted by molar-refractivity contribution is 6.32. The summed E-state index contributed by atoms with van der Waals surface area (Å²) in [4.78, 5) is 12.8. The summed E-state index contributed by atoms with van der Waals surface area (Å²) >= 11 is 0. The number of carbonyl (C=O) groups excluding carboxylic acids is 1. The minimum Gasteiger partial charge on any atom is -0.493 e. The molecule has 0 saturated carbocycles. The number of ether oxygens (including phenoxy) is 2. The molecule has 26 heavy (non-hydrogen) atoms. The normalized spacial score (nSPS) is 15.0. The van der Waals surface area contributed by atoms with E-state index in [-0.39, 0.29) is 12.5 Å². The van der Waals surface area contributed by atoms with E-state index in [0.29, 0.717) is 34.0 Å². The molecule has 2 aromatic carbocycles. The first-order valence-electron chi connectivity index (χ1n) is 7.99. The molecule has 1 aliphatic rings. The Kier molecular flexibility index (Phi) is 4.99. The average Bonchev–Trinajstić information content (AvgIpc) is 2.95. The standard InChI is InChI=1S/C20H17N3O3/c1-14-17(20(24)23(22-14)16-8-4-3-5-9-16)13-15-7-6-10-18(25-2)19(15)26-12-11-21/h3-10,13H,12H2,1-2H3/b17-13-. The van der Waals surface area contributed by atoms with E-state index in [4.69, 9.17) is 14.7 Å². The molecule has 0 unspecified atom stereocenters. The SMILES string of the molecule is COc1cccc(/C=C2\C(=O)N(c3ccccc3)N=C2C)c1OCC#N. The summed E-state index contributed by atoms with van der Waals surface area (Å²) in [6.45, 7) is 1.66. The number of carbonyl (C=O) groups is 1. The van der Waals surface area contributed by atoms with Crippen molar-refractivity contribution in [3.8, 4) is 17.6 Å². The van der Waals surface area contributed by atoms with Crippen LogP contribution in [0.1, 0.15) is 12.5 Å². The first kappa shape index (κ1) is 17.2. The number of hydrazone groups is 1. The van der Waals surface area contributed by atoms with Gasteiger partial charge in [-0.1, -0.05) is 30.3 Å². The van der Waals surface area contributed by atoms with Gasteiger partial charge in [0.15, 0.2) is 18.1 Å². The summed E-state index contributed by atoms with van der Waals surface area (Å²) in [7, 11) is 1.52. The van der Waals surface area contributed by atoms with E-state index in [1.165, 1.54) is 12.1 Å². The summed E-state index contributed by atoms with van der Waals surface area (Å²) in [5.74, 6) is 0.695. The lowest BCUT2D eigenvalue weighted by Gasteiger charge is -2.12. The van der Waals surface area contributed by atoms with Crippen LogP contribution in [0.3, 0.4) is 0 Å². The highest BCUT2D eigenvalue weighted by atomic mass is 16.5. The number of anilines is 1. The molecule has 0 fully saturated rings. The molecule has 0 radical (unpaired) electrons. The Balaban J connectivity index is 2.00. The predicted octanol–water partition coefficient (Wildman–Crippen LogP) is 3.40. The molecule has 6 heteroatoms. The van der Waals surface area contributed by atoms with Crippen LogP contribution in [0.5, 0.6) is 11.5 Å². The fraction of sp³-hybridized carbons (Fsp3) is 0.150. The van der Waals surface area contributed by atoms with Crippen molar-refractivity contribution in [2.75, 3.05) is 18.7 Å². The lowest BCUT2D eigenvalue weighted by Crippen LogP contribution is -2.21.